The molecule has 0 aliphatic heterocycles. The highest BCUT2D eigenvalue weighted by molar-refractivity contribution is 6.30. The first kappa shape index (κ1) is 30.6. The monoisotopic (exact) mass is 579 g/mol. The Morgan fingerprint density at radius 3 is 2.20 bits per heavy atom. The number of hydrogen-bond acceptors (Lipinski definition) is 4. The van der Waals surface area contributed by atoms with Gasteiger partial charge < -0.3 is 15.4 Å². The van der Waals surface area contributed by atoms with E-state index in [-0.39, 0.29) is 30.1 Å². The lowest BCUT2D eigenvalue weighted by molar-refractivity contribution is -0.124. The molecular formula is C33H42ClN3O4. The summed E-state index contributed by atoms with van der Waals surface area (Å²) in [6.45, 7) is 3.28. The lowest BCUT2D eigenvalue weighted by Gasteiger charge is -2.10. The van der Waals surface area contributed by atoms with Crippen molar-refractivity contribution in [3.63, 3.8) is 0 Å². The third kappa shape index (κ3) is 8.13. The molecule has 1 aromatic heterocycles. The quantitative estimate of drug-likeness (QED) is 0.210. The minimum Gasteiger partial charge on any atom is -0.497 e. The van der Waals surface area contributed by atoms with Gasteiger partial charge in [-0.3, -0.25) is 19.0 Å². The molecule has 0 radical (unpaired) electrons. The predicted molar refractivity (Wildman–Crippen MR) is 164 cm³/mol. The number of carbonyl (C=O) groups excluding carboxylic acids is 3. The SMILES string of the molecule is COc1ccc2c(c1)c(CC(=O)NCCCCCCCCNC(=O)C1CCCC1)c(C)n2C(=O)c1ccc(Cl)cc1. The first-order valence-electron chi connectivity index (χ1n) is 14.9. The van der Waals surface area contributed by atoms with Gasteiger partial charge >= 0.3 is 0 Å². The van der Waals surface area contributed by atoms with Crippen LogP contribution in [0.5, 0.6) is 5.75 Å². The maximum Gasteiger partial charge on any atom is 0.262 e. The highest BCUT2D eigenvalue weighted by Crippen LogP contribution is 2.31. The first-order valence-corrected chi connectivity index (χ1v) is 15.3. The molecule has 0 saturated heterocycles. The summed E-state index contributed by atoms with van der Waals surface area (Å²) in [4.78, 5) is 38.4. The third-order valence-corrected chi connectivity index (χ3v) is 8.38. The molecule has 1 aliphatic rings. The molecule has 0 unspecified atom stereocenters. The van der Waals surface area contributed by atoms with E-state index in [1.54, 1.807) is 35.9 Å². The molecule has 7 nitrogen and oxygen atoms in total. The number of ether oxygens (including phenoxy) is 1. The Morgan fingerprint density at radius 1 is 0.902 bits per heavy atom. The van der Waals surface area contributed by atoms with Crippen molar-refractivity contribution in [2.75, 3.05) is 20.2 Å². The van der Waals surface area contributed by atoms with Crippen LogP contribution in [0, 0.1) is 12.8 Å². The Kier molecular flexibility index (Phi) is 11.3. The topological polar surface area (TPSA) is 89.4 Å². The Morgan fingerprint density at radius 2 is 1.54 bits per heavy atom. The highest BCUT2D eigenvalue weighted by atomic mass is 35.5. The van der Waals surface area contributed by atoms with Gasteiger partial charge in [0.1, 0.15) is 5.75 Å². The number of halogens is 1. The normalized spacial score (nSPS) is 13.4. The molecule has 2 amide bonds. The van der Waals surface area contributed by atoms with E-state index >= 15 is 0 Å². The zero-order valence-corrected chi connectivity index (χ0v) is 25.0. The van der Waals surface area contributed by atoms with E-state index in [4.69, 9.17) is 16.3 Å². The second kappa shape index (κ2) is 15.1. The molecule has 0 atom stereocenters. The van der Waals surface area contributed by atoms with Gasteiger partial charge in [-0.1, -0.05) is 50.1 Å². The van der Waals surface area contributed by atoms with Gasteiger partial charge in [-0.2, -0.15) is 0 Å². The summed E-state index contributed by atoms with van der Waals surface area (Å²) >= 11 is 6.02. The van der Waals surface area contributed by atoms with E-state index < -0.39 is 0 Å². The molecule has 3 aromatic rings. The van der Waals surface area contributed by atoms with Crippen molar-refractivity contribution in [3.8, 4) is 5.75 Å². The number of aromatic nitrogens is 1. The van der Waals surface area contributed by atoms with Crippen LogP contribution in [0.15, 0.2) is 42.5 Å². The van der Waals surface area contributed by atoms with Crippen LogP contribution in [0.3, 0.4) is 0 Å². The number of methoxy groups -OCH3 is 1. The number of fused-ring (bicyclic) bond motifs is 1. The largest absolute Gasteiger partial charge is 0.497 e. The number of amides is 2. The number of nitrogens with one attached hydrogen (secondary N) is 2. The van der Waals surface area contributed by atoms with Crippen LogP contribution in [0.25, 0.3) is 10.9 Å². The fourth-order valence-electron chi connectivity index (χ4n) is 5.75. The summed E-state index contributed by atoms with van der Waals surface area (Å²) in [7, 11) is 1.60. The van der Waals surface area contributed by atoms with Crippen molar-refractivity contribution in [1.82, 2.24) is 15.2 Å². The van der Waals surface area contributed by atoms with Gasteiger partial charge in [0, 0.05) is 40.7 Å². The highest BCUT2D eigenvalue weighted by Gasteiger charge is 2.23. The molecule has 0 spiro atoms. The summed E-state index contributed by atoms with van der Waals surface area (Å²) < 4.78 is 7.09. The lowest BCUT2D eigenvalue weighted by atomic mass is 10.1. The lowest BCUT2D eigenvalue weighted by Crippen LogP contribution is -2.30. The maximum absolute atomic E-state index is 13.5. The summed E-state index contributed by atoms with van der Waals surface area (Å²) in [5, 5.41) is 7.54. The van der Waals surface area contributed by atoms with Gasteiger partial charge in [0.05, 0.1) is 19.0 Å². The number of benzene rings is 2. The van der Waals surface area contributed by atoms with E-state index in [0.717, 1.165) is 80.1 Å². The van der Waals surface area contributed by atoms with E-state index in [1.165, 1.54) is 12.8 Å². The van der Waals surface area contributed by atoms with Crippen LogP contribution in [0.2, 0.25) is 5.02 Å². The number of unbranched alkanes of at least 4 members (excludes halogenated alkanes) is 5. The molecule has 0 bridgehead atoms. The summed E-state index contributed by atoms with van der Waals surface area (Å²) in [5.41, 5.74) is 2.82. The maximum atomic E-state index is 13.5. The standard InChI is InChI=1S/C33H42ClN3O4/c1-23-28(22-31(38)35-19-9-5-3-4-6-10-20-36-32(39)24-11-7-8-12-24)29-21-27(41-2)17-18-30(29)37(23)33(40)25-13-15-26(34)16-14-25/h13-18,21,24H,3-12,19-20,22H2,1-2H3,(H,35,38)(H,36,39). The van der Waals surface area contributed by atoms with Crippen LogP contribution in [0.4, 0.5) is 0 Å². The van der Waals surface area contributed by atoms with Crippen LogP contribution in [-0.4, -0.2) is 42.5 Å². The molecular weight excluding hydrogens is 538 g/mol. The van der Waals surface area contributed by atoms with Gasteiger partial charge in [-0.25, -0.2) is 0 Å². The number of nitrogens with zero attached hydrogens (tertiary/aromatic N) is 1. The number of rotatable bonds is 14. The summed E-state index contributed by atoms with van der Waals surface area (Å²) in [5.74, 6) is 0.924. The predicted octanol–water partition coefficient (Wildman–Crippen LogP) is 6.61. The average Bonchev–Trinajstić information content (AvgIpc) is 3.61. The summed E-state index contributed by atoms with van der Waals surface area (Å²) in [6.07, 6.45) is 11.0. The van der Waals surface area contributed by atoms with E-state index in [2.05, 4.69) is 10.6 Å². The van der Waals surface area contributed by atoms with E-state index in [1.807, 2.05) is 25.1 Å². The van der Waals surface area contributed by atoms with Crippen LogP contribution in [-0.2, 0) is 16.0 Å². The minimum absolute atomic E-state index is 0.0630. The Bertz CT molecular complexity index is 1340. The van der Waals surface area contributed by atoms with Crippen molar-refractivity contribution < 1.29 is 19.1 Å². The fourth-order valence-corrected chi connectivity index (χ4v) is 5.87. The van der Waals surface area contributed by atoms with Crippen molar-refractivity contribution >= 4 is 40.2 Å². The van der Waals surface area contributed by atoms with Gasteiger partial charge in [0.15, 0.2) is 0 Å². The second-order valence-corrected chi connectivity index (χ2v) is 11.5. The molecule has 2 N–H and O–H groups in total. The van der Waals surface area contributed by atoms with E-state index in [9.17, 15) is 14.4 Å². The Balaban J connectivity index is 1.24. The van der Waals surface area contributed by atoms with Gasteiger partial charge in [-0.05, 0) is 80.6 Å². The van der Waals surface area contributed by atoms with Gasteiger partial charge in [0.2, 0.25) is 11.8 Å². The third-order valence-electron chi connectivity index (χ3n) is 8.12. The van der Waals surface area contributed by atoms with Crippen molar-refractivity contribution in [2.24, 2.45) is 5.92 Å². The second-order valence-electron chi connectivity index (χ2n) is 11.0. The Hall–Kier alpha value is -3.32. The first-order chi connectivity index (χ1) is 19.9. The van der Waals surface area contributed by atoms with E-state index in [0.29, 0.717) is 22.9 Å². The average molecular weight is 580 g/mol. The zero-order valence-electron chi connectivity index (χ0n) is 24.3. The van der Waals surface area contributed by atoms with Crippen molar-refractivity contribution in [2.45, 2.75) is 77.6 Å². The van der Waals surface area contributed by atoms with Crippen LogP contribution < -0.4 is 15.4 Å². The van der Waals surface area contributed by atoms with Crippen molar-refractivity contribution in [1.29, 1.82) is 0 Å². The smallest absolute Gasteiger partial charge is 0.262 e. The Labute approximate surface area is 248 Å². The molecule has 1 saturated carbocycles. The molecule has 220 valence electrons. The number of hydrogen-bond donors (Lipinski definition) is 2. The van der Waals surface area contributed by atoms with Crippen LogP contribution in [0.1, 0.15) is 85.8 Å². The molecule has 41 heavy (non-hydrogen) atoms. The molecule has 2 aromatic carbocycles. The van der Waals surface area contributed by atoms with Gasteiger partial charge in [-0.15, -0.1) is 0 Å². The van der Waals surface area contributed by atoms with Gasteiger partial charge in [0.25, 0.3) is 5.91 Å². The summed E-state index contributed by atoms with van der Waals surface area (Å²) in [6, 6.07) is 12.4. The molecule has 1 fully saturated rings. The fraction of sp³-hybridized carbons (Fsp3) is 0.485. The molecule has 8 heteroatoms. The number of carbonyl (C=O) groups is 3. The van der Waals surface area contributed by atoms with Crippen LogP contribution >= 0.6 is 11.6 Å². The van der Waals surface area contributed by atoms with Crippen molar-refractivity contribution in [3.05, 3.63) is 64.3 Å². The molecule has 1 aliphatic carbocycles. The molecule has 4 rings (SSSR count). The zero-order chi connectivity index (χ0) is 29.2. The minimum atomic E-state index is -0.169. The molecule has 1 heterocycles.